The molecule has 3 rings (SSSR count). The summed E-state index contributed by atoms with van der Waals surface area (Å²) in [5, 5.41) is 0.969. The van der Waals surface area contributed by atoms with E-state index in [1.54, 1.807) is 12.3 Å². The molecule has 0 unspecified atom stereocenters. The van der Waals surface area contributed by atoms with Crippen molar-refractivity contribution in [3.8, 4) is 0 Å². The predicted octanol–water partition coefficient (Wildman–Crippen LogP) is 2.18. The van der Waals surface area contributed by atoms with Gasteiger partial charge in [-0.2, -0.15) is 0 Å². The zero-order valence-corrected chi connectivity index (χ0v) is 9.83. The Balaban J connectivity index is 1.82. The molecule has 92 valence electrons. The molecule has 1 aliphatic heterocycles. The summed E-state index contributed by atoms with van der Waals surface area (Å²) in [6.07, 6.45) is 1.62. The Morgan fingerprint density at radius 2 is 2.11 bits per heavy atom. The number of fused-ring (bicyclic) bond motifs is 1. The monoisotopic (exact) mass is 243 g/mol. The molecule has 0 atom stereocenters. The summed E-state index contributed by atoms with van der Waals surface area (Å²) in [5.41, 5.74) is 1.57. The molecule has 1 aromatic carbocycles. The molecule has 0 aliphatic carbocycles. The molecule has 1 aromatic heterocycles. The average molecular weight is 243 g/mol. The van der Waals surface area contributed by atoms with Crippen LogP contribution in [0.25, 0.3) is 10.9 Å². The number of benzene rings is 1. The molecule has 1 aliphatic rings. The SMILES string of the molecule is O=C(CC1OCCO1)c1ccc2ncccc2c1. The topological polar surface area (TPSA) is 48.4 Å². The highest BCUT2D eigenvalue weighted by molar-refractivity contribution is 5.99. The number of ether oxygens (including phenoxy) is 2. The number of pyridine rings is 1. The zero-order chi connectivity index (χ0) is 12.4. The second-order valence-electron chi connectivity index (χ2n) is 4.21. The molecule has 2 heterocycles. The first-order valence-corrected chi connectivity index (χ1v) is 5.94. The van der Waals surface area contributed by atoms with E-state index in [-0.39, 0.29) is 18.5 Å². The van der Waals surface area contributed by atoms with Gasteiger partial charge in [0.05, 0.1) is 25.2 Å². The number of carbonyl (C=O) groups excluding carboxylic acids is 1. The average Bonchev–Trinajstić information content (AvgIpc) is 2.91. The quantitative estimate of drug-likeness (QED) is 0.775. The van der Waals surface area contributed by atoms with Crippen molar-refractivity contribution in [1.29, 1.82) is 0 Å². The largest absolute Gasteiger partial charge is 0.350 e. The third-order valence-electron chi connectivity index (χ3n) is 2.97. The van der Waals surface area contributed by atoms with Gasteiger partial charge in [-0.1, -0.05) is 6.07 Å². The predicted molar refractivity (Wildman–Crippen MR) is 66.4 cm³/mol. The van der Waals surface area contributed by atoms with Gasteiger partial charge in [0.15, 0.2) is 12.1 Å². The van der Waals surface area contributed by atoms with Crippen LogP contribution in [-0.2, 0) is 9.47 Å². The summed E-state index contributed by atoms with van der Waals surface area (Å²) in [6.45, 7) is 1.14. The lowest BCUT2D eigenvalue weighted by Gasteiger charge is -2.08. The fraction of sp³-hybridized carbons (Fsp3) is 0.286. The third kappa shape index (κ3) is 2.25. The third-order valence-corrected chi connectivity index (χ3v) is 2.97. The van der Waals surface area contributed by atoms with E-state index in [2.05, 4.69) is 4.98 Å². The first-order chi connectivity index (χ1) is 8.83. The maximum absolute atomic E-state index is 12.1. The summed E-state index contributed by atoms with van der Waals surface area (Å²) in [5.74, 6) is 0.0349. The summed E-state index contributed by atoms with van der Waals surface area (Å²) in [4.78, 5) is 16.3. The number of carbonyl (C=O) groups is 1. The minimum Gasteiger partial charge on any atom is -0.350 e. The van der Waals surface area contributed by atoms with E-state index in [0.717, 1.165) is 10.9 Å². The number of Topliss-reactive ketones (excluding diaryl/α,β-unsaturated/α-hetero) is 1. The van der Waals surface area contributed by atoms with Crippen LogP contribution in [0, 0.1) is 0 Å². The Kier molecular flexibility index (Phi) is 3.04. The van der Waals surface area contributed by atoms with Crippen molar-refractivity contribution >= 4 is 16.7 Å². The van der Waals surface area contributed by atoms with Crippen LogP contribution in [0.5, 0.6) is 0 Å². The molecule has 4 nitrogen and oxygen atoms in total. The van der Waals surface area contributed by atoms with Crippen molar-refractivity contribution in [2.75, 3.05) is 13.2 Å². The molecule has 0 N–H and O–H groups in total. The van der Waals surface area contributed by atoms with Gasteiger partial charge in [0.25, 0.3) is 0 Å². The second kappa shape index (κ2) is 4.84. The summed E-state index contributed by atoms with van der Waals surface area (Å²) < 4.78 is 10.6. The van der Waals surface area contributed by atoms with Gasteiger partial charge >= 0.3 is 0 Å². The van der Waals surface area contributed by atoms with Gasteiger partial charge in [0.2, 0.25) is 0 Å². The lowest BCUT2D eigenvalue weighted by Crippen LogP contribution is -2.14. The molecule has 1 saturated heterocycles. The van der Waals surface area contributed by atoms with E-state index < -0.39 is 0 Å². The summed E-state index contributed by atoms with van der Waals surface area (Å²) >= 11 is 0. The van der Waals surface area contributed by atoms with Gasteiger partial charge in [0, 0.05) is 17.1 Å². The summed E-state index contributed by atoms with van der Waals surface area (Å²) in [7, 11) is 0. The Labute approximate surface area is 105 Å². The lowest BCUT2D eigenvalue weighted by atomic mass is 10.1. The number of aromatic nitrogens is 1. The smallest absolute Gasteiger partial charge is 0.167 e. The molecule has 4 heteroatoms. The van der Waals surface area contributed by atoms with Gasteiger partial charge in [-0.25, -0.2) is 0 Å². The van der Waals surface area contributed by atoms with Crippen LogP contribution in [0.3, 0.4) is 0 Å². The number of nitrogens with zero attached hydrogens (tertiary/aromatic N) is 1. The maximum atomic E-state index is 12.1. The number of hydrogen-bond donors (Lipinski definition) is 0. The van der Waals surface area contributed by atoms with Crippen molar-refractivity contribution in [1.82, 2.24) is 4.98 Å². The fourth-order valence-corrected chi connectivity index (χ4v) is 2.04. The molecule has 0 bridgehead atoms. The second-order valence-corrected chi connectivity index (χ2v) is 4.21. The summed E-state index contributed by atoms with van der Waals surface area (Å²) in [6, 6.07) is 9.33. The van der Waals surface area contributed by atoms with Crippen LogP contribution in [0.1, 0.15) is 16.8 Å². The molecule has 1 fully saturated rings. The van der Waals surface area contributed by atoms with Crippen molar-refractivity contribution in [2.24, 2.45) is 0 Å². The number of hydrogen-bond acceptors (Lipinski definition) is 4. The van der Waals surface area contributed by atoms with Crippen LogP contribution in [0.4, 0.5) is 0 Å². The van der Waals surface area contributed by atoms with Crippen molar-refractivity contribution < 1.29 is 14.3 Å². The Hall–Kier alpha value is -1.78. The number of rotatable bonds is 3. The van der Waals surface area contributed by atoms with Gasteiger partial charge in [-0.15, -0.1) is 0 Å². The van der Waals surface area contributed by atoms with Gasteiger partial charge in [-0.05, 0) is 24.3 Å². The Bertz CT molecular complexity index is 576. The fourth-order valence-electron chi connectivity index (χ4n) is 2.04. The van der Waals surface area contributed by atoms with E-state index in [0.29, 0.717) is 18.8 Å². The minimum absolute atomic E-state index is 0.0349. The van der Waals surface area contributed by atoms with Crippen LogP contribution < -0.4 is 0 Å². The van der Waals surface area contributed by atoms with Crippen LogP contribution >= 0.6 is 0 Å². The van der Waals surface area contributed by atoms with Crippen LogP contribution in [-0.4, -0.2) is 30.3 Å². The van der Waals surface area contributed by atoms with Crippen LogP contribution in [0.2, 0.25) is 0 Å². The minimum atomic E-state index is -0.387. The van der Waals surface area contributed by atoms with E-state index in [9.17, 15) is 4.79 Å². The van der Waals surface area contributed by atoms with E-state index >= 15 is 0 Å². The van der Waals surface area contributed by atoms with Crippen molar-refractivity contribution in [3.63, 3.8) is 0 Å². The number of ketones is 1. The molecule has 0 saturated carbocycles. The molecular formula is C14H13NO3. The Morgan fingerprint density at radius 1 is 1.28 bits per heavy atom. The normalized spacial score (nSPS) is 16.2. The van der Waals surface area contributed by atoms with Crippen LogP contribution in [0.15, 0.2) is 36.5 Å². The van der Waals surface area contributed by atoms with E-state index in [1.807, 2.05) is 24.3 Å². The van der Waals surface area contributed by atoms with E-state index in [4.69, 9.17) is 9.47 Å². The molecule has 2 aromatic rings. The first-order valence-electron chi connectivity index (χ1n) is 5.94. The maximum Gasteiger partial charge on any atom is 0.167 e. The molecule has 0 amide bonds. The van der Waals surface area contributed by atoms with Crippen molar-refractivity contribution in [2.45, 2.75) is 12.7 Å². The first kappa shape index (κ1) is 11.3. The van der Waals surface area contributed by atoms with Gasteiger partial charge in [-0.3, -0.25) is 9.78 Å². The zero-order valence-electron chi connectivity index (χ0n) is 9.83. The molecule has 0 spiro atoms. The van der Waals surface area contributed by atoms with Gasteiger partial charge in [0.1, 0.15) is 0 Å². The molecule has 18 heavy (non-hydrogen) atoms. The van der Waals surface area contributed by atoms with Crippen molar-refractivity contribution in [3.05, 3.63) is 42.1 Å². The highest BCUT2D eigenvalue weighted by atomic mass is 16.7. The lowest BCUT2D eigenvalue weighted by molar-refractivity contribution is -0.0407. The molecular weight excluding hydrogens is 230 g/mol. The molecule has 0 radical (unpaired) electrons. The Morgan fingerprint density at radius 3 is 2.94 bits per heavy atom. The standard InChI is InChI=1S/C14H13NO3/c16-13(9-14-17-6-7-18-14)11-3-4-12-10(8-11)2-1-5-15-12/h1-5,8,14H,6-7,9H2. The van der Waals surface area contributed by atoms with E-state index in [1.165, 1.54) is 0 Å². The highest BCUT2D eigenvalue weighted by Crippen LogP contribution is 2.17. The highest BCUT2D eigenvalue weighted by Gasteiger charge is 2.20. The van der Waals surface area contributed by atoms with Gasteiger partial charge < -0.3 is 9.47 Å².